The number of hydrogen-bond acceptors (Lipinski definition) is 4. The molecule has 0 bridgehead atoms. The average molecular weight is 229 g/mol. The number of benzene rings is 1. The molecule has 0 saturated carbocycles. The highest BCUT2D eigenvalue weighted by atomic mass is 32.2. The molecule has 0 aliphatic rings. The van der Waals surface area contributed by atoms with Gasteiger partial charge in [-0.05, 0) is 18.2 Å². The summed E-state index contributed by atoms with van der Waals surface area (Å²) in [6.07, 6.45) is 0. The Labute approximate surface area is 83.8 Å². The molecular weight excluding hydrogens is 222 g/mol. The van der Waals surface area contributed by atoms with E-state index in [-0.39, 0.29) is 4.90 Å². The van der Waals surface area contributed by atoms with E-state index in [1.807, 2.05) is 0 Å². The molecule has 0 saturated heterocycles. The molecule has 0 atom stereocenters. The van der Waals surface area contributed by atoms with Crippen LogP contribution in [-0.4, -0.2) is 23.6 Å². The van der Waals surface area contributed by atoms with Crippen LogP contribution < -0.4 is 10.6 Å². The Morgan fingerprint density at radius 2 is 1.87 bits per heavy atom. The van der Waals surface area contributed by atoms with E-state index in [0.29, 0.717) is 11.0 Å². The molecule has 0 aliphatic carbocycles. The molecule has 1 heterocycles. The molecule has 2 rings (SSSR count). The molecule has 2 aromatic rings. The van der Waals surface area contributed by atoms with Gasteiger partial charge < -0.3 is 15.2 Å². The van der Waals surface area contributed by atoms with Crippen LogP contribution >= 0.6 is 0 Å². The highest BCUT2D eigenvalue weighted by Gasteiger charge is 2.13. The van der Waals surface area contributed by atoms with Crippen LogP contribution in [0, 0.1) is 0 Å². The van der Waals surface area contributed by atoms with Crippen LogP contribution in [0.1, 0.15) is 0 Å². The molecular formula is C7H7N3O4S. The minimum absolute atomic E-state index is 0.132. The lowest BCUT2D eigenvalue weighted by Crippen LogP contribution is -2.19. The maximum atomic E-state index is 11.2. The van der Waals surface area contributed by atoms with Crippen molar-refractivity contribution in [3.8, 4) is 0 Å². The molecule has 7 nitrogen and oxygen atoms in total. The van der Waals surface area contributed by atoms with E-state index < -0.39 is 15.7 Å². The third-order valence-electron chi connectivity index (χ3n) is 1.92. The van der Waals surface area contributed by atoms with Crippen molar-refractivity contribution < 1.29 is 13.6 Å². The molecule has 0 spiro atoms. The van der Waals surface area contributed by atoms with E-state index in [4.69, 9.17) is 5.21 Å². The molecule has 4 N–H and O–H groups in total. The molecule has 15 heavy (non-hydrogen) atoms. The fourth-order valence-corrected chi connectivity index (χ4v) is 1.86. The zero-order chi connectivity index (χ0) is 11.1. The molecule has 0 aliphatic heterocycles. The quantitative estimate of drug-likeness (QED) is 0.521. The van der Waals surface area contributed by atoms with Gasteiger partial charge in [-0.3, -0.25) is 0 Å². The maximum Gasteiger partial charge on any atom is 0.323 e. The summed E-state index contributed by atoms with van der Waals surface area (Å²) in [4.78, 5) is 16.8. The number of imidazole rings is 1. The van der Waals surface area contributed by atoms with Crippen molar-refractivity contribution in [1.29, 1.82) is 0 Å². The first-order valence-electron chi connectivity index (χ1n) is 3.91. The third kappa shape index (κ3) is 1.65. The van der Waals surface area contributed by atoms with Crippen LogP contribution in [0.3, 0.4) is 0 Å². The Morgan fingerprint density at radius 3 is 2.53 bits per heavy atom. The Kier molecular flexibility index (Phi) is 2.11. The summed E-state index contributed by atoms with van der Waals surface area (Å²) in [5.74, 6) is 0. The number of aromatic nitrogens is 2. The van der Waals surface area contributed by atoms with Gasteiger partial charge in [0.15, 0.2) is 0 Å². The highest BCUT2D eigenvalue weighted by Crippen LogP contribution is 2.14. The first-order valence-corrected chi connectivity index (χ1v) is 5.39. The largest absolute Gasteiger partial charge is 0.323 e. The number of nitrogens with one attached hydrogen (secondary N) is 3. The third-order valence-corrected chi connectivity index (χ3v) is 3.03. The van der Waals surface area contributed by atoms with Gasteiger partial charge in [-0.25, -0.2) is 13.2 Å². The Balaban J connectivity index is 2.71. The topological polar surface area (TPSA) is 115 Å². The Morgan fingerprint density at radius 1 is 1.20 bits per heavy atom. The zero-order valence-electron chi connectivity index (χ0n) is 7.31. The summed E-state index contributed by atoms with van der Waals surface area (Å²) >= 11 is 0. The first-order chi connectivity index (χ1) is 7.03. The summed E-state index contributed by atoms with van der Waals surface area (Å²) in [5.41, 5.74) is 0.435. The van der Waals surface area contributed by atoms with E-state index in [2.05, 4.69) is 9.97 Å². The van der Waals surface area contributed by atoms with Crippen molar-refractivity contribution in [3.63, 3.8) is 0 Å². The second-order valence-electron chi connectivity index (χ2n) is 2.88. The average Bonchev–Trinajstić information content (AvgIpc) is 2.56. The standard InChI is InChI=1S/C7H7N3O4S/c11-7-8-5-2-1-4(3-6(5)9-7)15(13,14)10-12/h1-3,10,12H,(H2,8,9,11). The molecule has 8 heteroatoms. The van der Waals surface area contributed by atoms with Gasteiger partial charge in [0, 0.05) is 0 Å². The lowest BCUT2D eigenvalue weighted by molar-refractivity contribution is 0.242. The lowest BCUT2D eigenvalue weighted by Gasteiger charge is -2.00. The van der Waals surface area contributed by atoms with Gasteiger partial charge in [-0.1, -0.05) is 4.89 Å². The van der Waals surface area contributed by atoms with Gasteiger partial charge in [0.1, 0.15) is 0 Å². The van der Waals surface area contributed by atoms with Crippen LogP contribution in [0.4, 0.5) is 0 Å². The van der Waals surface area contributed by atoms with Gasteiger partial charge >= 0.3 is 5.69 Å². The number of rotatable bonds is 2. The van der Waals surface area contributed by atoms with Crippen LogP contribution in [0.25, 0.3) is 11.0 Å². The monoisotopic (exact) mass is 229 g/mol. The van der Waals surface area contributed by atoms with Crippen molar-refractivity contribution in [1.82, 2.24) is 14.9 Å². The van der Waals surface area contributed by atoms with Crippen LogP contribution in [0.15, 0.2) is 27.9 Å². The summed E-state index contributed by atoms with van der Waals surface area (Å²) < 4.78 is 22.4. The van der Waals surface area contributed by atoms with Gasteiger partial charge in [0.25, 0.3) is 10.0 Å². The van der Waals surface area contributed by atoms with Gasteiger partial charge in [-0.2, -0.15) is 0 Å². The normalized spacial score (nSPS) is 12.1. The predicted molar refractivity (Wildman–Crippen MR) is 51.0 cm³/mol. The number of aromatic amines is 2. The van der Waals surface area contributed by atoms with E-state index in [1.165, 1.54) is 23.1 Å². The second-order valence-corrected chi connectivity index (χ2v) is 4.54. The highest BCUT2D eigenvalue weighted by molar-refractivity contribution is 7.89. The molecule has 1 aromatic heterocycles. The maximum absolute atomic E-state index is 11.2. The minimum Gasteiger partial charge on any atom is -0.306 e. The van der Waals surface area contributed by atoms with Gasteiger partial charge in [-0.15, -0.1) is 0 Å². The molecule has 1 aromatic carbocycles. The van der Waals surface area contributed by atoms with Crippen molar-refractivity contribution in [2.75, 3.05) is 0 Å². The first kappa shape index (κ1) is 9.90. The number of H-pyrrole nitrogens is 2. The molecule has 0 fully saturated rings. The van der Waals surface area contributed by atoms with Crippen LogP contribution in [0.2, 0.25) is 0 Å². The minimum atomic E-state index is -3.91. The van der Waals surface area contributed by atoms with Crippen molar-refractivity contribution in [3.05, 3.63) is 28.7 Å². The smallest absolute Gasteiger partial charge is 0.306 e. The zero-order valence-corrected chi connectivity index (χ0v) is 8.13. The van der Waals surface area contributed by atoms with Crippen LogP contribution in [-0.2, 0) is 10.0 Å². The van der Waals surface area contributed by atoms with Crippen molar-refractivity contribution in [2.45, 2.75) is 4.90 Å². The summed E-state index contributed by atoms with van der Waals surface area (Å²) in [5, 5.41) is 8.41. The van der Waals surface area contributed by atoms with Gasteiger partial charge in [0.2, 0.25) is 0 Å². The lowest BCUT2D eigenvalue weighted by atomic mass is 10.3. The van der Waals surface area contributed by atoms with Crippen LogP contribution in [0.5, 0.6) is 0 Å². The van der Waals surface area contributed by atoms with Gasteiger partial charge in [0.05, 0.1) is 15.9 Å². The number of fused-ring (bicyclic) bond motifs is 1. The van der Waals surface area contributed by atoms with Crippen molar-refractivity contribution >= 4 is 21.1 Å². The number of hydrogen-bond donors (Lipinski definition) is 4. The van der Waals surface area contributed by atoms with E-state index >= 15 is 0 Å². The predicted octanol–water partition coefficient (Wildman–Crippen LogP) is -0.476. The van der Waals surface area contributed by atoms with E-state index in [9.17, 15) is 13.2 Å². The summed E-state index contributed by atoms with van der Waals surface area (Å²) in [7, 11) is -3.91. The Bertz CT molecular complexity index is 654. The van der Waals surface area contributed by atoms with Crippen molar-refractivity contribution in [2.24, 2.45) is 0 Å². The SMILES string of the molecule is O=c1[nH]c2ccc(S(=O)(=O)NO)cc2[nH]1. The van der Waals surface area contributed by atoms with E-state index in [0.717, 1.165) is 0 Å². The fraction of sp³-hybridized carbons (Fsp3) is 0. The molecule has 0 unspecified atom stereocenters. The summed E-state index contributed by atoms with van der Waals surface area (Å²) in [6, 6.07) is 3.94. The Hall–Kier alpha value is -1.64. The second kappa shape index (κ2) is 3.19. The molecule has 0 radical (unpaired) electrons. The molecule has 80 valence electrons. The van der Waals surface area contributed by atoms with E-state index in [1.54, 1.807) is 0 Å². The fourth-order valence-electron chi connectivity index (χ4n) is 1.23. The summed E-state index contributed by atoms with van der Waals surface area (Å²) in [6.45, 7) is 0. The molecule has 0 amide bonds. The number of sulfonamides is 1.